The fourth-order valence-electron chi connectivity index (χ4n) is 3.00. The van der Waals surface area contributed by atoms with Crippen molar-refractivity contribution in [1.82, 2.24) is 5.32 Å². The van der Waals surface area contributed by atoms with E-state index in [4.69, 9.17) is 22.1 Å². The number of carbonyl (C=O) groups excluding carboxylic acids is 1. The van der Waals surface area contributed by atoms with Crippen LogP contribution in [0, 0.1) is 5.92 Å². The van der Waals surface area contributed by atoms with E-state index in [9.17, 15) is 4.79 Å². The van der Waals surface area contributed by atoms with E-state index in [0.717, 1.165) is 19.4 Å². The first kappa shape index (κ1) is 14.3. The molecular formula is C14H16BrClN2O2. The Bertz CT molecular complexity index is 540. The summed E-state index contributed by atoms with van der Waals surface area (Å²) >= 11 is 9.24. The maximum absolute atomic E-state index is 12.2. The van der Waals surface area contributed by atoms with Gasteiger partial charge < -0.3 is 15.8 Å². The molecule has 0 aromatic heterocycles. The normalized spacial score (nSPS) is 32.1. The number of nitrogens with two attached hydrogens (primary N) is 1. The monoisotopic (exact) mass is 358 g/mol. The van der Waals surface area contributed by atoms with Crippen LogP contribution in [0.15, 0.2) is 22.7 Å². The van der Waals surface area contributed by atoms with E-state index in [1.807, 2.05) is 0 Å². The van der Waals surface area contributed by atoms with Gasteiger partial charge in [0.2, 0.25) is 0 Å². The molecule has 2 fully saturated rings. The van der Waals surface area contributed by atoms with E-state index in [1.54, 1.807) is 18.2 Å². The van der Waals surface area contributed by atoms with Crippen molar-refractivity contribution in [2.24, 2.45) is 11.7 Å². The number of rotatable bonds is 2. The van der Waals surface area contributed by atoms with Crippen LogP contribution in [0.2, 0.25) is 5.02 Å². The highest BCUT2D eigenvalue weighted by Gasteiger charge is 2.51. The zero-order valence-corrected chi connectivity index (χ0v) is 13.2. The van der Waals surface area contributed by atoms with E-state index in [0.29, 0.717) is 21.0 Å². The minimum absolute atomic E-state index is 0.0139. The lowest BCUT2D eigenvalue weighted by Gasteiger charge is -2.52. The second-order valence-corrected chi connectivity index (χ2v) is 6.61. The third kappa shape index (κ3) is 2.48. The molecular weight excluding hydrogens is 344 g/mol. The fourth-order valence-corrected chi connectivity index (χ4v) is 3.49. The van der Waals surface area contributed by atoms with E-state index in [1.165, 1.54) is 0 Å². The van der Waals surface area contributed by atoms with Gasteiger partial charge in [0, 0.05) is 28.6 Å². The molecule has 0 radical (unpaired) electrons. The van der Waals surface area contributed by atoms with Gasteiger partial charge in [-0.25, -0.2) is 0 Å². The van der Waals surface area contributed by atoms with E-state index in [-0.39, 0.29) is 24.1 Å². The van der Waals surface area contributed by atoms with Crippen molar-refractivity contribution in [3.8, 4) is 0 Å². The Morgan fingerprint density at radius 3 is 3.05 bits per heavy atom. The van der Waals surface area contributed by atoms with Crippen LogP contribution in [-0.4, -0.2) is 30.7 Å². The SMILES string of the molecule is NC1C2CCCOC2C1NC(=O)c1ccc(Cl)c(Br)c1. The van der Waals surface area contributed by atoms with E-state index >= 15 is 0 Å². The summed E-state index contributed by atoms with van der Waals surface area (Å²) in [5.74, 6) is 0.237. The summed E-state index contributed by atoms with van der Waals surface area (Å²) < 4.78 is 6.42. The minimum atomic E-state index is -0.143. The molecule has 108 valence electrons. The Morgan fingerprint density at radius 2 is 2.30 bits per heavy atom. The number of halogens is 2. The standard InChI is InChI=1S/C14H16BrClN2O2/c15-9-6-7(3-4-10(9)16)14(19)18-12-11(17)8-2-1-5-20-13(8)12/h3-4,6,8,11-13H,1-2,5,17H2,(H,18,19). The maximum Gasteiger partial charge on any atom is 0.251 e. The molecule has 3 rings (SSSR count). The lowest BCUT2D eigenvalue weighted by molar-refractivity contribution is -0.117. The summed E-state index contributed by atoms with van der Waals surface area (Å²) in [7, 11) is 0. The van der Waals surface area contributed by atoms with Crippen LogP contribution in [0.4, 0.5) is 0 Å². The molecule has 20 heavy (non-hydrogen) atoms. The molecule has 3 N–H and O–H groups in total. The molecule has 6 heteroatoms. The zero-order chi connectivity index (χ0) is 14.3. The van der Waals surface area contributed by atoms with Crippen molar-refractivity contribution in [3.63, 3.8) is 0 Å². The van der Waals surface area contributed by atoms with E-state index < -0.39 is 0 Å². The fraction of sp³-hybridized carbons (Fsp3) is 0.500. The number of nitrogens with one attached hydrogen (secondary N) is 1. The topological polar surface area (TPSA) is 64.3 Å². The van der Waals surface area contributed by atoms with Gasteiger partial charge in [0.25, 0.3) is 5.91 Å². The molecule has 1 heterocycles. The largest absolute Gasteiger partial charge is 0.376 e. The highest BCUT2D eigenvalue weighted by molar-refractivity contribution is 9.10. The second-order valence-electron chi connectivity index (χ2n) is 5.35. The first-order valence-corrected chi connectivity index (χ1v) is 7.88. The summed E-state index contributed by atoms with van der Waals surface area (Å²) in [6.45, 7) is 0.757. The smallest absolute Gasteiger partial charge is 0.251 e. The Morgan fingerprint density at radius 1 is 1.50 bits per heavy atom. The average Bonchev–Trinajstić information content (AvgIpc) is 2.47. The molecule has 4 nitrogen and oxygen atoms in total. The van der Waals surface area contributed by atoms with E-state index in [2.05, 4.69) is 21.2 Å². The number of fused-ring (bicyclic) bond motifs is 1. The van der Waals surface area contributed by atoms with Crippen molar-refractivity contribution in [1.29, 1.82) is 0 Å². The first-order chi connectivity index (χ1) is 9.58. The molecule has 2 aliphatic rings. The lowest BCUT2D eigenvalue weighted by Crippen LogP contribution is -2.72. The van der Waals surface area contributed by atoms with Crippen LogP contribution >= 0.6 is 27.5 Å². The predicted octanol–water partition coefficient (Wildman–Crippen LogP) is 2.34. The lowest BCUT2D eigenvalue weighted by atomic mass is 9.68. The molecule has 4 atom stereocenters. The Labute approximate surface area is 131 Å². The molecule has 1 aliphatic carbocycles. The van der Waals surface area contributed by atoms with Gasteiger partial charge in [-0.15, -0.1) is 0 Å². The Hall–Kier alpha value is -0.620. The summed E-state index contributed by atoms with van der Waals surface area (Å²) in [5, 5.41) is 3.56. The van der Waals surface area contributed by atoms with Gasteiger partial charge in [-0.3, -0.25) is 4.79 Å². The number of hydrogen-bond donors (Lipinski definition) is 2. The minimum Gasteiger partial charge on any atom is -0.376 e. The van der Waals surface area contributed by atoms with Gasteiger partial charge in [0.1, 0.15) is 0 Å². The van der Waals surface area contributed by atoms with Crippen LogP contribution in [0.5, 0.6) is 0 Å². The highest BCUT2D eigenvalue weighted by Crippen LogP contribution is 2.37. The Kier molecular flexibility index (Phi) is 4.04. The highest BCUT2D eigenvalue weighted by atomic mass is 79.9. The summed E-state index contributed by atoms with van der Waals surface area (Å²) in [4.78, 5) is 12.2. The first-order valence-electron chi connectivity index (χ1n) is 6.71. The van der Waals surface area contributed by atoms with Crippen LogP contribution in [0.25, 0.3) is 0 Å². The third-order valence-corrected chi connectivity index (χ3v) is 5.37. The maximum atomic E-state index is 12.2. The molecule has 1 aromatic rings. The molecule has 0 bridgehead atoms. The number of amides is 1. The predicted molar refractivity (Wildman–Crippen MR) is 80.8 cm³/mol. The number of carbonyl (C=O) groups is 1. The summed E-state index contributed by atoms with van der Waals surface area (Å²) in [6, 6.07) is 5.00. The zero-order valence-electron chi connectivity index (χ0n) is 10.8. The summed E-state index contributed by atoms with van der Waals surface area (Å²) in [5.41, 5.74) is 6.70. The molecule has 4 unspecified atom stereocenters. The quantitative estimate of drug-likeness (QED) is 0.852. The number of benzene rings is 1. The van der Waals surface area contributed by atoms with Gasteiger partial charge in [-0.1, -0.05) is 11.6 Å². The molecule has 0 spiro atoms. The van der Waals surface area contributed by atoms with Gasteiger partial charge in [-0.2, -0.15) is 0 Å². The van der Waals surface area contributed by atoms with Crippen molar-refractivity contribution >= 4 is 33.4 Å². The molecule has 1 amide bonds. The van der Waals surface area contributed by atoms with Crippen LogP contribution in [0.3, 0.4) is 0 Å². The van der Waals surface area contributed by atoms with Crippen molar-refractivity contribution in [2.75, 3.05) is 6.61 Å². The van der Waals surface area contributed by atoms with Crippen LogP contribution < -0.4 is 11.1 Å². The molecule has 1 saturated heterocycles. The Balaban J connectivity index is 1.68. The van der Waals surface area contributed by atoms with Gasteiger partial charge in [0.05, 0.1) is 17.2 Å². The molecule has 1 saturated carbocycles. The molecule has 1 aromatic carbocycles. The van der Waals surface area contributed by atoms with Gasteiger partial charge in [0.15, 0.2) is 0 Å². The number of hydrogen-bond acceptors (Lipinski definition) is 3. The summed E-state index contributed by atoms with van der Waals surface area (Å²) in [6.07, 6.45) is 2.21. The van der Waals surface area contributed by atoms with Crippen LogP contribution in [-0.2, 0) is 4.74 Å². The number of ether oxygens (including phenoxy) is 1. The third-order valence-electron chi connectivity index (χ3n) is 4.16. The van der Waals surface area contributed by atoms with Gasteiger partial charge in [-0.05, 0) is 47.0 Å². The van der Waals surface area contributed by atoms with Crippen LogP contribution in [0.1, 0.15) is 23.2 Å². The average molecular weight is 360 g/mol. The van der Waals surface area contributed by atoms with Crippen molar-refractivity contribution in [3.05, 3.63) is 33.3 Å². The van der Waals surface area contributed by atoms with Crippen molar-refractivity contribution < 1.29 is 9.53 Å². The van der Waals surface area contributed by atoms with Gasteiger partial charge >= 0.3 is 0 Å². The molecule has 1 aliphatic heterocycles. The second kappa shape index (κ2) is 5.64. The van der Waals surface area contributed by atoms with Crippen molar-refractivity contribution in [2.45, 2.75) is 31.0 Å².